The second kappa shape index (κ2) is 8.63. The Balaban J connectivity index is 1.63. The van der Waals surface area contributed by atoms with Gasteiger partial charge in [-0.25, -0.2) is 9.78 Å². The molecule has 3 aromatic rings. The van der Waals surface area contributed by atoms with Crippen LogP contribution in [0.3, 0.4) is 0 Å². The number of hydrogen-bond donors (Lipinski definition) is 1. The predicted octanol–water partition coefficient (Wildman–Crippen LogP) is 3.71. The Morgan fingerprint density at radius 1 is 1.32 bits per heavy atom. The van der Waals surface area contributed by atoms with Gasteiger partial charge in [-0.05, 0) is 56.7 Å². The van der Waals surface area contributed by atoms with E-state index < -0.39 is 11.9 Å². The minimum absolute atomic E-state index is 0.175. The lowest BCUT2D eigenvalue weighted by Crippen LogP contribution is -2.30. The minimum atomic E-state index is -0.506. The number of benzene rings is 1. The van der Waals surface area contributed by atoms with Crippen LogP contribution >= 0.6 is 11.3 Å². The first-order valence-electron chi connectivity index (χ1n) is 10.5. The van der Waals surface area contributed by atoms with Gasteiger partial charge in [0.25, 0.3) is 5.56 Å². The summed E-state index contributed by atoms with van der Waals surface area (Å²) < 4.78 is 6.46. The van der Waals surface area contributed by atoms with E-state index in [-0.39, 0.29) is 24.3 Å². The fraction of sp³-hybridized carbons (Fsp3) is 0.391. The molecule has 7 nitrogen and oxygen atoms in total. The van der Waals surface area contributed by atoms with Gasteiger partial charge in [-0.3, -0.25) is 14.2 Å². The van der Waals surface area contributed by atoms with E-state index >= 15 is 0 Å². The SMILES string of the molecule is CCOC(=O)c1ccccc1NC(=O)Cn1c(C)nc2sc3c(c2c1=O)CCC(C)C3. The Kier molecular flexibility index (Phi) is 5.91. The number of fused-ring (bicyclic) bond motifs is 3. The molecule has 162 valence electrons. The normalized spacial score (nSPS) is 15.5. The Morgan fingerprint density at radius 3 is 2.87 bits per heavy atom. The van der Waals surface area contributed by atoms with Crippen molar-refractivity contribution in [3.8, 4) is 0 Å². The Bertz CT molecular complexity index is 1230. The fourth-order valence-electron chi connectivity index (χ4n) is 4.02. The third-order valence-corrected chi connectivity index (χ3v) is 6.75. The van der Waals surface area contributed by atoms with Gasteiger partial charge in [0.1, 0.15) is 17.2 Å². The number of carbonyl (C=O) groups is 2. The molecule has 1 amide bonds. The molecule has 0 spiro atoms. The minimum Gasteiger partial charge on any atom is -0.462 e. The number of carbonyl (C=O) groups excluding carboxylic acids is 2. The lowest BCUT2D eigenvalue weighted by Gasteiger charge is -2.17. The van der Waals surface area contributed by atoms with Crippen LogP contribution in [0.5, 0.6) is 0 Å². The average molecular weight is 440 g/mol. The maximum absolute atomic E-state index is 13.3. The molecule has 1 aromatic carbocycles. The number of nitrogens with one attached hydrogen (secondary N) is 1. The van der Waals surface area contributed by atoms with E-state index in [1.165, 1.54) is 9.44 Å². The number of ether oxygens (including phenoxy) is 1. The monoisotopic (exact) mass is 439 g/mol. The molecule has 0 saturated heterocycles. The molecule has 0 radical (unpaired) electrons. The van der Waals surface area contributed by atoms with Gasteiger partial charge >= 0.3 is 5.97 Å². The number of thiophene rings is 1. The van der Waals surface area contributed by atoms with Crippen LogP contribution in [0, 0.1) is 12.8 Å². The van der Waals surface area contributed by atoms with Crippen molar-refractivity contribution in [2.24, 2.45) is 5.92 Å². The van der Waals surface area contributed by atoms with E-state index in [9.17, 15) is 14.4 Å². The zero-order valence-electron chi connectivity index (χ0n) is 17.9. The standard InChI is InChI=1S/C23H25N3O4S/c1-4-30-23(29)15-7-5-6-8-17(15)25-19(27)12-26-14(3)24-21-20(22(26)28)16-10-9-13(2)11-18(16)31-21/h5-8,13H,4,9-12H2,1-3H3,(H,25,27). The molecule has 31 heavy (non-hydrogen) atoms. The van der Waals surface area contributed by atoms with Gasteiger partial charge in [-0.2, -0.15) is 0 Å². The lowest BCUT2D eigenvalue weighted by atomic mass is 9.89. The molecule has 1 aliphatic carbocycles. The molecule has 8 heteroatoms. The van der Waals surface area contributed by atoms with Crippen LogP contribution < -0.4 is 10.9 Å². The first kappa shape index (κ1) is 21.2. The Hall–Kier alpha value is -3.00. The molecular weight excluding hydrogens is 414 g/mol. The fourth-order valence-corrected chi connectivity index (χ4v) is 5.44. The highest BCUT2D eigenvalue weighted by atomic mass is 32.1. The van der Waals surface area contributed by atoms with Gasteiger partial charge < -0.3 is 10.1 Å². The molecule has 1 aliphatic rings. The summed E-state index contributed by atoms with van der Waals surface area (Å²) in [4.78, 5) is 44.8. The zero-order valence-corrected chi connectivity index (χ0v) is 18.7. The van der Waals surface area contributed by atoms with Crippen LogP contribution in [0.25, 0.3) is 10.2 Å². The quantitative estimate of drug-likeness (QED) is 0.612. The first-order chi connectivity index (χ1) is 14.9. The molecule has 1 atom stereocenters. The number of anilines is 1. The van der Waals surface area contributed by atoms with Crippen LogP contribution in [0.1, 0.15) is 46.9 Å². The molecule has 0 bridgehead atoms. The van der Waals surface area contributed by atoms with Crippen molar-refractivity contribution in [2.75, 3.05) is 11.9 Å². The summed E-state index contributed by atoms with van der Waals surface area (Å²) in [6, 6.07) is 6.66. The van der Waals surface area contributed by atoms with E-state index in [1.807, 2.05) is 0 Å². The summed E-state index contributed by atoms with van der Waals surface area (Å²) in [6.45, 7) is 5.75. The molecule has 0 aliphatic heterocycles. The predicted molar refractivity (Wildman–Crippen MR) is 121 cm³/mol. The number of esters is 1. The van der Waals surface area contributed by atoms with Crippen LogP contribution in [0.4, 0.5) is 5.69 Å². The smallest absolute Gasteiger partial charge is 0.340 e. The van der Waals surface area contributed by atoms with E-state index in [0.29, 0.717) is 22.8 Å². The van der Waals surface area contributed by atoms with Crippen molar-refractivity contribution < 1.29 is 14.3 Å². The van der Waals surface area contributed by atoms with E-state index in [4.69, 9.17) is 4.74 Å². The number of para-hydroxylation sites is 1. The Labute approximate surface area is 184 Å². The number of hydrogen-bond acceptors (Lipinski definition) is 6. The maximum Gasteiger partial charge on any atom is 0.340 e. The summed E-state index contributed by atoms with van der Waals surface area (Å²) in [5.74, 6) is 0.196. The summed E-state index contributed by atoms with van der Waals surface area (Å²) in [5, 5.41) is 3.39. The van der Waals surface area contributed by atoms with Gasteiger partial charge in [-0.1, -0.05) is 19.1 Å². The van der Waals surface area contributed by atoms with Gasteiger partial charge in [-0.15, -0.1) is 11.3 Å². The topological polar surface area (TPSA) is 90.3 Å². The summed E-state index contributed by atoms with van der Waals surface area (Å²) in [5.41, 5.74) is 1.55. The van der Waals surface area contributed by atoms with Gasteiger partial charge in [0.2, 0.25) is 5.91 Å². The van der Waals surface area contributed by atoms with E-state index in [2.05, 4.69) is 17.2 Å². The van der Waals surface area contributed by atoms with Crippen LogP contribution in [-0.2, 0) is 28.9 Å². The lowest BCUT2D eigenvalue weighted by molar-refractivity contribution is -0.116. The van der Waals surface area contributed by atoms with Crippen molar-refractivity contribution >= 4 is 39.1 Å². The van der Waals surface area contributed by atoms with Gasteiger partial charge in [0, 0.05) is 4.88 Å². The highest BCUT2D eigenvalue weighted by molar-refractivity contribution is 7.18. The van der Waals surface area contributed by atoms with Crippen LogP contribution in [0.15, 0.2) is 29.1 Å². The van der Waals surface area contributed by atoms with Crippen molar-refractivity contribution in [3.05, 3.63) is 56.4 Å². The van der Waals surface area contributed by atoms with E-state index in [0.717, 1.165) is 29.7 Å². The number of nitrogens with zero attached hydrogens (tertiary/aromatic N) is 2. The Morgan fingerprint density at radius 2 is 2.10 bits per heavy atom. The summed E-state index contributed by atoms with van der Waals surface area (Å²) >= 11 is 1.60. The first-order valence-corrected chi connectivity index (χ1v) is 11.3. The third-order valence-electron chi connectivity index (χ3n) is 5.60. The number of aromatic nitrogens is 2. The number of rotatable bonds is 5. The van der Waals surface area contributed by atoms with Crippen molar-refractivity contribution in [2.45, 2.75) is 46.6 Å². The second-order valence-corrected chi connectivity index (χ2v) is 8.98. The van der Waals surface area contributed by atoms with Crippen molar-refractivity contribution in [3.63, 3.8) is 0 Å². The molecule has 4 rings (SSSR count). The molecule has 1 unspecified atom stereocenters. The molecule has 2 aromatic heterocycles. The highest BCUT2D eigenvalue weighted by Gasteiger charge is 2.24. The summed E-state index contributed by atoms with van der Waals surface area (Å²) in [7, 11) is 0. The zero-order chi connectivity index (χ0) is 22.1. The van der Waals surface area contributed by atoms with Crippen LogP contribution in [0.2, 0.25) is 0 Å². The third kappa shape index (κ3) is 4.12. The number of aryl methyl sites for hydroxylation is 2. The van der Waals surface area contributed by atoms with Gasteiger partial charge in [0.05, 0.1) is 23.2 Å². The van der Waals surface area contributed by atoms with Crippen molar-refractivity contribution in [1.82, 2.24) is 9.55 Å². The molecule has 2 heterocycles. The largest absolute Gasteiger partial charge is 0.462 e. The molecule has 0 saturated carbocycles. The van der Waals surface area contributed by atoms with E-state index in [1.54, 1.807) is 49.4 Å². The maximum atomic E-state index is 13.3. The second-order valence-electron chi connectivity index (χ2n) is 7.90. The number of amides is 1. The summed E-state index contributed by atoms with van der Waals surface area (Å²) in [6.07, 6.45) is 2.90. The van der Waals surface area contributed by atoms with Gasteiger partial charge in [0.15, 0.2) is 0 Å². The molecule has 0 fully saturated rings. The molecule has 1 N–H and O–H groups in total. The highest BCUT2D eigenvalue weighted by Crippen LogP contribution is 2.35. The van der Waals surface area contributed by atoms with Crippen LogP contribution in [-0.4, -0.2) is 28.0 Å². The van der Waals surface area contributed by atoms with Crippen molar-refractivity contribution in [1.29, 1.82) is 0 Å². The molecular formula is C23H25N3O4S. The average Bonchev–Trinajstić information content (AvgIpc) is 3.08.